The Morgan fingerprint density at radius 2 is 1.89 bits per heavy atom. The van der Waals surface area contributed by atoms with Gasteiger partial charge in [0.25, 0.3) is 0 Å². The molecule has 0 fully saturated rings. The molecule has 106 valence electrons. The third-order valence-corrected chi connectivity index (χ3v) is 4.16. The molecule has 2 nitrogen and oxygen atoms in total. The summed E-state index contributed by atoms with van der Waals surface area (Å²) >= 11 is 0. The molecule has 0 saturated carbocycles. The van der Waals surface area contributed by atoms with E-state index < -0.39 is 0 Å². The fraction of sp³-hybridized carbons (Fsp3) is 0.647. The van der Waals surface area contributed by atoms with E-state index in [0.717, 1.165) is 6.54 Å². The molecule has 1 aliphatic rings. The lowest BCUT2D eigenvalue weighted by atomic mass is 9.90. The summed E-state index contributed by atoms with van der Waals surface area (Å²) in [6.07, 6.45) is 7.75. The van der Waals surface area contributed by atoms with Crippen molar-refractivity contribution in [1.29, 1.82) is 0 Å². The zero-order valence-corrected chi connectivity index (χ0v) is 12.5. The van der Waals surface area contributed by atoms with Gasteiger partial charge in [0.05, 0.1) is 0 Å². The fourth-order valence-corrected chi connectivity index (χ4v) is 2.90. The van der Waals surface area contributed by atoms with Crippen LogP contribution in [0.1, 0.15) is 36.0 Å². The number of aryl methyl sites for hydroxylation is 2. The Morgan fingerprint density at radius 3 is 2.68 bits per heavy atom. The molecule has 0 heterocycles. The maximum absolute atomic E-state index is 3.20. The smallest absolute Gasteiger partial charge is 0.00188 e. The van der Waals surface area contributed by atoms with Crippen molar-refractivity contribution in [3.05, 3.63) is 34.9 Å². The van der Waals surface area contributed by atoms with Crippen molar-refractivity contribution in [3.8, 4) is 0 Å². The molecule has 0 saturated heterocycles. The quantitative estimate of drug-likeness (QED) is 0.758. The van der Waals surface area contributed by atoms with Crippen LogP contribution in [0, 0.1) is 0 Å². The van der Waals surface area contributed by atoms with Gasteiger partial charge in [-0.3, -0.25) is 0 Å². The molecule has 1 aliphatic carbocycles. The number of hydrogen-bond acceptors (Lipinski definition) is 2. The van der Waals surface area contributed by atoms with Crippen molar-refractivity contribution in [3.63, 3.8) is 0 Å². The summed E-state index contributed by atoms with van der Waals surface area (Å²) in [5.41, 5.74) is 4.72. The van der Waals surface area contributed by atoms with E-state index in [1.54, 1.807) is 11.1 Å². The number of hydrogen-bond donors (Lipinski definition) is 1. The normalized spacial score (nSPS) is 14.7. The largest absolute Gasteiger partial charge is 0.320 e. The number of nitrogens with one attached hydrogen (secondary N) is 1. The van der Waals surface area contributed by atoms with E-state index in [1.807, 2.05) is 7.05 Å². The molecular weight excluding hydrogens is 232 g/mol. The minimum atomic E-state index is 1.11. The lowest BCUT2D eigenvalue weighted by Gasteiger charge is -2.19. The van der Waals surface area contributed by atoms with Crippen LogP contribution in [-0.4, -0.2) is 38.6 Å². The Bertz CT molecular complexity index is 387. The number of likely N-dealkylation sites (N-methyl/N-ethyl adjacent to an activating group) is 1. The molecule has 1 aromatic carbocycles. The van der Waals surface area contributed by atoms with Gasteiger partial charge >= 0.3 is 0 Å². The van der Waals surface area contributed by atoms with Crippen molar-refractivity contribution >= 4 is 0 Å². The molecule has 2 rings (SSSR count). The van der Waals surface area contributed by atoms with E-state index >= 15 is 0 Å². The molecule has 2 heteroatoms. The molecule has 0 spiro atoms. The van der Waals surface area contributed by atoms with Gasteiger partial charge in [0.1, 0.15) is 0 Å². The second kappa shape index (κ2) is 7.66. The van der Waals surface area contributed by atoms with Crippen molar-refractivity contribution in [2.75, 3.05) is 33.7 Å². The molecule has 0 aliphatic heterocycles. The minimum Gasteiger partial charge on any atom is -0.320 e. The number of nitrogens with zero attached hydrogens (tertiary/aromatic N) is 1. The van der Waals surface area contributed by atoms with Crippen LogP contribution in [0.3, 0.4) is 0 Å². The highest BCUT2D eigenvalue weighted by atomic mass is 15.1. The Labute approximate surface area is 118 Å². The van der Waals surface area contributed by atoms with Gasteiger partial charge in [-0.1, -0.05) is 18.2 Å². The molecule has 1 aromatic rings. The van der Waals surface area contributed by atoms with Gasteiger partial charge in [-0.05, 0) is 82.4 Å². The van der Waals surface area contributed by atoms with Crippen LogP contribution in [-0.2, 0) is 19.3 Å². The first-order valence-electron chi connectivity index (χ1n) is 7.73. The van der Waals surface area contributed by atoms with Gasteiger partial charge < -0.3 is 10.2 Å². The monoisotopic (exact) mass is 260 g/mol. The molecule has 0 amide bonds. The summed E-state index contributed by atoms with van der Waals surface area (Å²) in [7, 11) is 4.25. The molecule has 0 bridgehead atoms. The van der Waals surface area contributed by atoms with Crippen LogP contribution in [0.5, 0.6) is 0 Å². The lowest BCUT2D eigenvalue weighted by molar-refractivity contribution is 0.332. The molecular formula is C17H28N2. The molecule has 1 N–H and O–H groups in total. The number of fused-ring (bicyclic) bond motifs is 1. The van der Waals surface area contributed by atoms with Crippen molar-refractivity contribution in [2.45, 2.75) is 38.5 Å². The zero-order valence-electron chi connectivity index (χ0n) is 12.5. The lowest BCUT2D eigenvalue weighted by Crippen LogP contribution is -2.25. The minimum absolute atomic E-state index is 1.11. The third-order valence-electron chi connectivity index (χ3n) is 4.16. The second-order valence-electron chi connectivity index (χ2n) is 5.82. The number of benzene rings is 1. The van der Waals surface area contributed by atoms with Crippen LogP contribution in [0.15, 0.2) is 18.2 Å². The summed E-state index contributed by atoms with van der Waals surface area (Å²) in [4.78, 5) is 2.44. The first kappa shape index (κ1) is 14.5. The summed E-state index contributed by atoms with van der Waals surface area (Å²) in [6, 6.07) is 7.16. The summed E-state index contributed by atoms with van der Waals surface area (Å²) in [5, 5.41) is 3.20. The average molecular weight is 260 g/mol. The van der Waals surface area contributed by atoms with Crippen LogP contribution in [0.4, 0.5) is 0 Å². The maximum Gasteiger partial charge on any atom is 0.00188 e. The second-order valence-corrected chi connectivity index (χ2v) is 5.82. The highest BCUT2D eigenvalue weighted by Gasteiger charge is 2.09. The first-order chi connectivity index (χ1) is 9.29. The van der Waals surface area contributed by atoms with Crippen LogP contribution in [0.25, 0.3) is 0 Å². The maximum atomic E-state index is 3.20. The van der Waals surface area contributed by atoms with Crippen molar-refractivity contribution < 1.29 is 0 Å². The van der Waals surface area contributed by atoms with E-state index in [2.05, 4.69) is 35.5 Å². The highest BCUT2D eigenvalue weighted by molar-refractivity contribution is 5.33. The fourth-order valence-electron chi connectivity index (χ4n) is 2.90. The molecule has 0 aromatic heterocycles. The molecule has 0 unspecified atom stereocenters. The predicted molar refractivity (Wildman–Crippen MR) is 82.8 cm³/mol. The molecule has 0 radical (unpaired) electrons. The van der Waals surface area contributed by atoms with Crippen molar-refractivity contribution in [1.82, 2.24) is 10.2 Å². The van der Waals surface area contributed by atoms with E-state index in [1.165, 1.54) is 57.2 Å². The van der Waals surface area contributed by atoms with Gasteiger partial charge in [-0.2, -0.15) is 0 Å². The molecule has 19 heavy (non-hydrogen) atoms. The third kappa shape index (κ3) is 4.63. The van der Waals surface area contributed by atoms with Gasteiger partial charge in [0.15, 0.2) is 0 Å². The van der Waals surface area contributed by atoms with Crippen molar-refractivity contribution in [2.24, 2.45) is 0 Å². The van der Waals surface area contributed by atoms with Gasteiger partial charge in [0.2, 0.25) is 0 Å². The first-order valence-corrected chi connectivity index (χ1v) is 7.73. The highest BCUT2D eigenvalue weighted by Crippen LogP contribution is 2.22. The van der Waals surface area contributed by atoms with Crippen LogP contribution < -0.4 is 5.32 Å². The summed E-state index contributed by atoms with van der Waals surface area (Å²) in [5.74, 6) is 0. The Kier molecular flexibility index (Phi) is 5.87. The van der Waals surface area contributed by atoms with E-state index in [0.29, 0.717) is 0 Å². The van der Waals surface area contributed by atoms with Gasteiger partial charge in [-0.15, -0.1) is 0 Å². The average Bonchev–Trinajstić information content (AvgIpc) is 2.45. The Balaban J connectivity index is 1.79. The molecule has 0 atom stereocenters. The Hall–Kier alpha value is -0.860. The van der Waals surface area contributed by atoms with E-state index in [-0.39, 0.29) is 0 Å². The SMILES string of the molecule is CNCCCN(C)CCc1ccc2c(c1)CCCC2. The summed E-state index contributed by atoms with van der Waals surface area (Å²) in [6.45, 7) is 3.47. The standard InChI is InChI=1S/C17H28N2/c1-18-11-5-12-19(2)13-10-15-8-9-16-6-3-4-7-17(16)14-15/h8-9,14,18H,3-7,10-13H2,1-2H3. The Morgan fingerprint density at radius 1 is 1.11 bits per heavy atom. The van der Waals surface area contributed by atoms with Crippen LogP contribution >= 0.6 is 0 Å². The van der Waals surface area contributed by atoms with Crippen LogP contribution in [0.2, 0.25) is 0 Å². The van der Waals surface area contributed by atoms with Gasteiger partial charge in [0, 0.05) is 6.54 Å². The topological polar surface area (TPSA) is 15.3 Å². The number of rotatable bonds is 7. The van der Waals surface area contributed by atoms with Gasteiger partial charge in [-0.25, -0.2) is 0 Å². The van der Waals surface area contributed by atoms with E-state index in [4.69, 9.17) is 0 Å². The summed E-state index contributed by atoms with van der Waals surface area (Å²) < 4.78 is 0. The zero-order chi connectivity index (χ0) is 13.5. The van der Waals surface area contributed by atoms with E-state index in [9.17, 15) is 0 Å². The predicted octanol–water partition coefficient (Wildman–Crippen LogP) is 2.65.